The van der Waals surface area contributed by atoms with Gasteiger partial charge >= 0.3 is 11.9 Å². The van der Waals surface area contributed by atoms with E-state index in [9.17, 15) is 19.7 Å². The van der Waals surface area contributed by atoms with Crippen LogP contribution in [0.15, 0.2) is 86.5 Å². The fourth-order valence-electron chi connectivity index (χ4n) is 4.05. The van der Waals surface area contributed by atoms with Crippen LogP contribution in [-0.4, -0.2) is 22.1 Å². The van der Waals surface area contributed by atoms with E-state index in [2.05, 4.69) is 0 Å². The molecule has 1 aliphatic heterocycles. The molecule has 0 N–H and O–H groups in total. The third-order valence-corrected chi connectivity index (χ3v) is 6.86. The first-order valence-electron chi connectivity index (χ1n) is 11.2. The van der Waals surface area contributed by atoms with E-state index in [0.29, 0.717) is 26.6 Å². The van der Waals surface area contributed by atoms with Crippen LogP contribution in [-0.2, 0) is 9.53 Å². The molecular formula is C26H18ClN3O6S. The number of esters is 1. The highest BCUT2D eigenvalue weighted by Gasteiger charge is 2.35. The number of aromatic nitrogens is 1. The molecule has 2 aromatic carbocycles. The number of carbonyl (C=O) groups is 1. The van der Waals surface area contributed by atoms with Crippen LogP contribution in [0.25, 0.3) is 11.8 Å². The fourth-order valence-corrected chi connectivity index (χ4v) is 5.15. The van der Waals surface area contributed by atoms with Crippen molar-refractivity contribution < 1.29 is 18.9 Å². The lowest BCUT2D eigenvalue weighted by Crippen LogP contribution is -2.39. The van der Waals surface area contributed by atoms with Crippen molar-refractivity contribution in [3.8, 4) is 0 Å². The van der Waals surface area contributed by atoms with Crippen molar-refractivity contribution in [2.75, 3.05) is 6.61 Å². The minimum absolute atomic E-state index is 0.138. The Morgan fingerprint density at radius 1 is 1.19 bits per heavy atom. The summed E-state index contributed by atoms with van der Waals surface area (Å²) in [5.74, 6) is -0.886. The molecule has 5 rings (SSSR count). The number of rotatable bonds is 6. The molecule has 0 aliphatic carbocycles. The molecule has 0 unspecified atom stereocenters. The second-order valence-electron chi connectivity index (χ2n) is 7.92. The Morgan fingerprint density at radius 2 is 1.92 bits per heavy atom. The normalized spacial score (nSPS) is 15.3. The number of benzene rings is 2. The molecular weight excluding hydrogens is 518 g/mol. The number of fused-ring (bicyclic) bond motifs is 1. The van der Waals surface area contributed by atoms with Crippen molar-refractivity contribution in [2.24, 2.45) is 4.99 Å². The minimum atomic E-state index is -0.851. The summed E-state index contributed by atoms with van der Waals surface area (Å²) in [5.41, 5.74) is 1.49. The predicted molar refractivity (Wildman–Crippen MR) is 138 cm³/mol. The van der Waals surface area contributed by atoms with Gasteiger partial charge in [-0.2, -0.15) is 0 Å². The van der Waals surface area contributed by atoms with E-state index >= 15 is 0 Å². The minimum Gasteiger partial charge on any atom is -0.463 e. The molecule has 1 aliphatic rings. The smallest absolute Gasteiger partial charge is 0.433 e. The second-order valence-corrected chi connectivity index (χ2v) is 9.36. The SMILES string of the molecule is CCOC(=O)C1=C(c2ccccc2)N=c2s/c(=C/c3ccc([N+](=O)[O-])o3)c(=O)n2[C@H]1c1ccc(Cl)cc1. The van der Waals surface area contributed by atoms with Crippen LogP contribution >= 0.6 is 22.9 Å². The number of halogens is 1. The van der Waals surface area contributed by atoms with E-state index in [-0.39, 0.29) is 22.5 Å². The van der Waals surface area contributed by atoms with Gasteiger partial charge < -0.3 is 9.15 Å². The van der Waals surface area contributed by atoms with E-state index in [1.54, 1.807) is 31.2 Å². The average Bonchev–Trinajstić information content (AvgIpc) is 3.49. The number of nitro groups is 1. The quantitative estimate of drug-likeness (QED) is 0.208. The van der Waals surface area contributed by atoms with Crippen LogP contribution in [0.3, 0.4) is 0 Å². The van der Waals surface area contributed by atoms with E-state index < -0.39 is 28.4 Å². The summed E-state index contributed by atoms with van der Waals surface area (Å²) in [4.78, 5) is 42.5. The first kappa shape index (κ1) is 24.4. The highest BCUT2D eigenvalue weighted by Crippen LogP contribution is 2.35. The van der Waals surface area contributed by atoms with Crippen LogP contribution in [0, 0.1) is 10.1 Å². The van der Waals surface area contributed by atoms with Gasteiger partial charge in [0.2, 0.25) is 0 Å². The summed E-state index contributed by atoms with van der Waals surface area (Å²) >= 11 is 7.21. The first-order valence-corrected chi connectivity index (χ1v) is 12.3. The van der Waals surface area contributed by atoms with Crippen molar-refractivity contribution >= 4 is 46.6 Å². The summed E-state index contributed by atoms with van der Waals surface area (Å²) < 4.78 is 12.3. The maximum atomic E-state index is 13.7. The molecule has 0 saturated carbocycles. The summed E-state index contributed by atoms with van der Waals surface area (Å²) in [7, 11) is 0. The Morgan fingerprint density at radius 3 is 2.57 bits per heavy atom. The van der Waals surface area contributed by atoms with Crippen molar-refractivity contribution in [3.05, 3.63) is 124 Å². The molecule has 1 atom stereocenters. The molecule has 0 fully saturated rings. The third kappa shape index (κ3) is 4.64. The molecule has 9 nitrogen and oxygen atoms in total. The fraction of sp³-hybridized carbons (Fsp3) is 0.115. The van der Waals surface area contributed by atoms with Crippen LogP contribution in [0.5, 0.6) is 0 Å². The zero-order valence-corrected chi connectivity index (χ0v) is 20.9. The van der Waals surface area contributed by atoms with Gasteiger partial charge in [-0.05, 0) is 30.7 Å². The molecule has 186 valence electrons. The van der Waals surface area contributed by atoms with Crippen LogP contribution in [0.4, 0.5) is 5.88 Å². The van der Waals surface area contributed by atoms with Gasteiger partial charge in [0.15, 0.2) is 4.80 Å². The number of carbonyl (C=O) groups excluding carboxylic acids is 1. The molecule has 0 radical (unpaired) electrons. The van der Waals surface area contributed by atoms with Gasteiger partial charge in [-0.15, -0.1) is 0 Å². The number of hydrogen-bond acceptors (Lipinski definition) is 8. The number of ether oxygens (including phenoxy) is 1. The molecule has 4 aromatic rings. The molecule has 0 spiro atoms. The van der Waals surface area contributed by atoms with Crippen molar-refractivity contribution in [1.82, 2.24) is 4.57 Å². The van der Waals surface area contributed by atoms with Gasteiger partial charge in [-0.1, -0.05) is 65.4 Å². The van der Waals surface area contributed by atoms with Crippen molar-refractivity contribution in [1.29, 1.82) is 0 Å². The van der Waals surface area contributed by atoms with Crippen molar-refractivity contribution in [3.63, 3.8) is 0 Å². The number of hydrogen-bond donors (Lipinski definition) is 0. The molecule has 11 heteroatoms. The van der Waals surface area contributed by atoms with E-state index in [1.165, 1.54) is 22.8 Å². The summed E-state index contributed by atoms with van der Waals surface area (Å²) in [5, 5.41) is 11.5. The van der Waals surface area contributed by atoms with Gasteiger partial charge in [-0.3, -0.25) is 19.5 Å². The highest BCUT2D eigenvalue weighted by molar-refractivity contribution is 7.07. The monoisotopic (exact) mass is 535 g/mol. The average molecular weight is 536 g/mol. The van der Waals surface area contributed by atoms with Gasteiger partial charge in [0.25, 0.3) is 5.56 Å². The molecule has 2 aromatic heterocycles. The predicted octanol–water partition coefficient (Wildman–Crippen LogP) is 4.09. The Balaban J connectivity index is 1.80. The van der Waals surface area contributed by atoms with Crippen LogP contribution < -0.4 is 14.9 Å². The third-order valence-electron chi connectivity index (χ3n) is 5.63. The second kappa shape index (κ2) is 10.00. The molecule has 37 heavy (non-hydrogen) atoms. The Labute approximate surface area is 218 Å². The lowest BCUT2D eigenvalue weighted by molar-refractivity contribution is -0.402. The van der Waals surface area contributed by atoms with Crippen molar-refractivity contribution in [2.45, 2.75) is 13.0 Å². The van der Waals surface area contributed by atoms with Gasteiger partial charge in [-0.25, -0.2) is 9.79 Å². The number of nitrogens with zero attached hydrogens (tertiary/aromatic N) is 3. The number of thiazole rings is 1. The standard InChI is InChI=1S/C26H18ClN3O6S/c1-2-35-25(32)21-22(15-6-4-3-5-7-15)28-26-29(23(21)16-8-10-17(27)11-9-16)24(31)19(37-26)14-18-12-13-20(36-18)30(33)34/h3-14,23H,2H2,1H3/b19-14+/t23-/m0/s1. The van der Waals surface area contributed by atoms with Crippen LogP contribution in [0.1, 0.15) is 29.9 Å². The first-order chi connectivity index (χ1) is 17.9. The number of furan rings is 1. The lowest BCUT2D eigenvalue weighted by atomic mass is 9.93. The Bertz CT molecular complexity index is 1720. The van der Waals surface area contributed by atoms with Gasteiger partial charge in [0.05, 0.1) is 34.5 Å². The molecule has 0 amide bonds. The van der Waals surface area contributed by atoms with Gasteiger partial charge in [0, 0.05) is 16.7 Å². The largest absolute Gasteiger partial charge is 0.463 e. The molecule has 0 saturated heterocycles. The highest BCUT2D eigenvalue weighted by atomic mass is 35.5. The molecule has 3 heterocycles. The van der Waals surface area contributed by atoms with E-state index in [1.807, 2.05) is 30.3 Å². The topological polar surface area (TPSA) is 117 Å². The van der Waals surface area contributed by atoms with E-state index in [4.69, 9.17) is 25.7 Å². The van der Waals surface area contributed by atoms with Gasteiger partial charge in [0.1, 0.15) is 10.7 Å². The summed E-state index contributed by atoms with van der Waals surface area (Å²) in [6.45, 7) is 1.84. The van der Waals surface area contributed by atoms with E-state index in [0.717, 1.165) is 11.3 Å². The Kier molecular flexibility index (Phi) is 6.60. The summed E-state index contributed by atoms with van der Waals surface area (Å²) in [6.07, 6.45) is 1.42. The zero-order valence-electron chi connectivity index (χ0n) is 19.3. The summed E-state index contributed by atoms with van der Waals surface area (Å²) in [6, 6.07) is 17.8. The molecule has 0 bridgehead atoms. The van der Waals surface area contributed by atoms with Crippen LogP contribution in [0.2, 0.25) is 5.02 Å². The zero-order chi connectivity index (χ0) is 26.1. The maximum absolute atomic E-state index is 13.7. The Hall–Kier alpha value is -4.28. The maximum Gasteiger partial charge on any atom is 0.433 e. The lowest BCUT2D eigenvalue weighted by Gasteiger charge is -2.25.